The van der Waals surface area contributed by atoms with E-state index in [4.69, 9.17) is 29.9 Å². The quantitative estimate of drug-likeness (QED) is 0.0727. The van der Waals surface area contributed by atoms with Crippen molar-refractivity contribution < 1.29 is 107 Å². The molecule has 18 atom stereocenters. The van der Waals surface area contributed by atoms with E-state index in [1.807, 2.05) is 0 Å². The van der Waals surface area contributed by atoms with Crippen LogP contribution in [-0.4, -0.2) is 238 Å². The fourth-order valence-corrected chi connectivity index (χ4v) is 7.16. The van der Waals surface area contributed by atoms with E-state index in [1.54, 1.807) is 27.8 Å². The summed E-state index contributed by atoms with van der Waals surface area (Å²) in [7, 11) is 3.19. The van der Waals surface area contributed by atoms with E-state index in [9.17, 15) is 66.1 Å². The maximum absolute atomic E-state index is 11.2. The van der Waals surface area contributed by atoms with Gasteiger partial charge in [0.2, 0.25) is 5.91 Å². The van der Waals surface area contributed by atoms with Crippen LogP contribution in [0.5, 0.6) is 0 Å². The lowest BCUT2D eigenvalue weighted by Crippen LogP contribution is -2.76. The van der Waals surface area contributed by atoms with E-state index in [1.165, 1.54) is 83.2 Å². The molecule has 0 saturated carbocycles. The Labute approximate surface area is 384 Å². The molecule has 2 aliphatic rings. The highest BCUT2D eigenvalue weighted by Crippen LogP contribution is 2.45. The van der Waals surface area contributed by atoms with Crippen molar-refractivity contribution in [2.75, 3.05) is 47.1 Å². The van der Waals surface area contributed by atoms with Crippen molar-refractivity contribution in [2.24, 2.45) is 11.8 Å². The Morgan fingerprint density at radius 1 is 0.600 bits per heavy atom. The second-order valence-corrected chi connectivity index (χ2v) is 19.3. The molecule has 65 heavy (non-hydrogen) atoms. The van der Waals surface area contributed by atoms with Crippen LogP contribution < -0.4 is 10.6 Å². The largest absolute Gasteiger partial charge is 0.412 e. The number of ether oxygens (including phenoxy) is 2. The van der Waals surface area contributed by atoms with Gasteiger partial charge in [-0.2, -0.15) is 0 Å². The fraction of sp³-hybridized carbons (Fsp3) is 0.976. The minimum absolute atomic E-state index is 0. The molecule has 0 aliphatic carbocycles. The van der Waals surface area contributed by atoms with Crippen molar-refractivity contribution in [3.05, 3.63) is 0 Å². The lowest BCUT2D eigenvalue weighted by atomic mass is 9.67. The molecule has 22 N–H and O–H groups in total. The van der Waals surface area contributed by atoms with Crippen molar-refractivity contribution in [2.45, 2.75) is 202 Å². The molecule has 0 aromatic carbocycles. The average molecular weight is 961 g/mol. The number of rotatable bonds is 15. The first-order valence-corrected chi connectivity index (χ1v) is 21.2. The number of carbonyl (C=O) groups excluding carboxylic acids is 1. The first kappa shape index (κ1) is 70.2. The summed E-state index contributed by atoms with van der Waals surface area (Å²) in [5.41, 5.74) is -16.3. The average Bonchev–Trinajstić information content (AvgIpc) is 3.18. The molecule has 2 saturated heterocycles. The zero-order valence-corrected chi connectivity index (χ0v) is 41.4. The number of aliphatic hydroxyl groups is 16. The second kappa shape index (κ2) is 25.5. The fourth-order valence-electron chi connectivity index (χ4n) is 7.16. The van der Waals surface area contributed by atoms with E-state index in [2.05, 4.69) is 10.6 Å². The standard InChI is InChI=1S/C11H23NO5.C11H25NO4.2C10H20O5.2H2O/c1-7(8(14)6-13)11(3,17)10(2,16)5-9(15)12-4;1-8(9(14)7-13)11(3,16)10(2,15)5-6-12-4;2*1-6-8(2,12)10(4,14)9(3,13)7(5-11)15-6;;/h7-8,13-14,16-17H,5-6H2,1-4H3,(H,12,15);8-9,12-16H,5-7H2,1-4H3;2*6-7,11-14H,5H2,1-4H3;2*1H2. The van der Waals surface area contributed by atoms with Crippen LogP contribution in [0.1, 0.15) is 110 Å². The predicted octanol–water partition coefficient (Wildman–Crippen LogP) is -5.91. The van der Waals surface area contributed by atoms with Crippen LogP contribution >= 0.6 is 0 Å². The van der Waals surface area contributed by atoms with E-state index in [0.717, 1.165) is 0 Å². The highest BCUT2D eigenvalue weighted by Gasteiger charge is 2.65. The van der Waals surface area contributed by atoms with Crippen LogP contribution in [0, 0.1) is 11.8 Å². The molecule has 2 rings (SSSR count). The SMILES string of the molecule is CC1OC(CO)C(C)(O)C(C)(O)C1(C)O.CC1OC(CO)C(C)(O)C(C)(O)C1(C)O.CNC(=O)CC(C)(O)C(C)(O)C(C)C(O)CO.CNCCC(C)(O)C(C)(O)C(C)C(O)CO.O.O. The highest BCUT2D eigenvalue weighted by molar-refractivity contribution is 5.76. The van der Waals surface area contributed by atoms with Crippen molar-refractivity contribution in [3.8, 4) is 0 Å². The maximum atomic E-state index is 11.2. The van der Waals surface area contributed by atoms with Crippen LogP contribution in [0.15, 0.2) is 0 Å². The molecule has 0 spiro atoms. The number of carbonyl (C=O) groups is 1. The Morgan fingerprint density at radius 2 is 0.892 bits per heavy atom. The van der Waals surface area contributed by atoms with Gasteiger partial charge >= 0.3 is 0 Å². The molecule has 2 heterocycles. The van der Waals surface area contributed by atoms with Gasteiger partial charge in [-0.1, -0.05) is 13.8 Å². The lowest BCUT2D eigenvalue weighted by Gasteiger charge is -2.57. The number of hydrogen-bond acceptors (Lipinski definition) is 20. The van der Waals surface area contributed by atoms with Gasteiger partial charge in [-0.3, -0.25) is 4.79 Å². The Morgan fingerprint density at radius 3 is 1.14 bits per heavy atom. The highest BCUT2D eigenvalue weighted by atomic mass is 16.6. The molecule has 0 bridgehead atoms. The summed E-state index contributed by atoms with van der Waals surface area (Å²) >= 11 is 0. The van der Waals surface area contributed by atoms with Gasteiger partial charge in [0.05, 0.1) is 79.7 Å². The molecule has 18 unspecified atom stereocenters. The third-order valence-corrected chi connectivity index (χ3v) is 15.0. The molecular formula is C42H92N2O21. The Balaban J connectivity index is -0.000000378. The Hall–Kier alpha value is -1.37. The Bertz CT molecular complexity index is 1320. The zero-order valence-electron chi connectivity index (χ0n) is 41.4. The van der Waals surface area contributed by atoms with Crippen LogP contribution in [0.4, 0.5) is 0 Å². The molecule has 2 fully saturated rings. The van der Waals surface area contributed by atoms with Gasteiger partial charge in [0.15, 0.2) is 0 Å². The number of nitrogens with one attached hydrogen (secondary N) is 2. The second-order valence-electron chi connectivity index (χ2n) is 19.3. The number of hydrogen-bond donors (Lipinski definition) is 18. The minimum Gasteiger partial charge on any atom is -0.412 e. The molecule has 396 valence electrons. The number of aliphatic hydroxyl groups excluding tert-OH is 6. The third kappa shape index (κ3) is 14.8. The first-order chi connectivity index (χ1) is 28.0. The summed E-state index contributed by atoms with van der Waals surface area (Å²) in [6.07, 6.45) is -5.32. The summed E-state index contributed by atoms with van der Waals surface area (Å²) in [5.74, 6) is -1.82. The summed E-state index contributed by atoms with van der Waals surface area (Å²) in [6.45, 7) is 18.9. The minimum atomic E-state index is -1.76. The number of amides is 1. The maximum Gasteiger partial charge on any atom is 0.222 e. The Kier molecular flexibility index (Phi) is 27.5. The van der Waals surface area contributed by atoms with Crippen molar-refractivity contribution in [3.63, 3.8) is 0 Å². The zero-order chi connectivity index (χ0) is 51.0. The summed E-state index contributed by atoms with van der Waals surface area (Å²) in [5, 5.41) is 162. The predicted molar refractivity (Wildman–Crippen MR) is 238 cm³/mol. The van der Waals surface area contributed by atoms with Crippen LogP contribution in [0.25, 0.3) is 0 Å². The van der Waals surface area contributed by atoms with Gasteiger partial charge in [0.1, 0.15) is 45.8 Å². The molecule has 23 nitrogen and oxygen atoms in total. The van der Waals surface area contributed by atoms with Crippen LogP contribution in [-0.2, 0) is 14.3 Å². The normalized spacial score (nSPS) is 37.7. The third-order valence-electron chi connectivity index (χ3n) is 15.0. The van der Waals surface area contributed by atoms with Gasteiger partial charge < -0.3 is 113 Å². The van der Waals surface area contributed by atoms with E-state index in [0.29, 0.717) is 13.0 Å². The van der Waals surface area contributed by atoms with Gasteiger partial charge in [-0.05, 0) is 103 Å². The van der Waals surface area contributed by atoms with Crippen LogP contribution in [0.3, 0.4) is 0 Å². The van der Waals surface area contributed by atoms with Gasteiger partial charge in [-0.25, -0.2) is 0 Å². The van der Waals surface area contributed by atoms with Crippen molar-refractivity contribution >= 4 is 5.91 Å². The summed E-state index contributed by atoms with van der Waals surface area (Å²) < 4.78 is 10.6. The molecule has 1 amide bonds. The molecule has 2 aliphatic heterocycles. The molecule has 0 aromatic heterocycles. The van der Waals surface area contributed by atoms with E-state index < -0.39 is 137 Å². The van der Waals surface area contributed by atoms with Crippen molar-refractivity contribution in [1.82, 2.24) is 10.6 Å². The molecule has 0 radical (unpaired) electrons. The lowest BCUT2D eigenvalue weighted by molar-refractivity contribution is -0.340. The van der Waals surface area contributed by atoms with E-state index >= 15 is 0 Å². The molecule has 0 aromatic rings. The monoisotopic (exact) mass is 961 g/mol. The van der Waals surface area contributed by atoms with Gasteiger partial charge in [0.25, 0.3) is 0 Å². The molecular weight excluding hydrogens is 868 g/mol. The smallest absolute Gasteiger partial charge is 0.222 e. The summed E-state index contributed by atoms with van der Waals surface area (Å²) in [4.78, 5) is 11.2. The van der Waals surface area contributed by atoms with Crippen molar-refractivity contribution in [1.29, 1.82) is 0 Å². The topological polar surface area (TPSA) is 446 Å². The first-order valence-electron chi connectivity index (χ1n) is 21.2. The van der Waals surface area contributed by atoms with Crippen LogP contribution in [0.2, 0.25) is 0 Å². The summed E-state index contributed by atoms with van der Waals surface area (Å²) in [6, 6.07) is 0. The molecule has 23 heteroatoms. The van der Waals surface area contributed by atoms with E-state index in [-0.39, 0.29) is 17.4 Å². The van der Waals surface area contributed by atoms with Gasteiger partial charge in [-0.15, -0.1) is 0 Å². The van der Waals surface area contributed by atoms with Gasteiger partial charge in [0, 0.05) is 18.9 Å².